The van der Waals surface area contributed by atoms with Crippen molar-refractivity contribution in [3.05, 3.63) is 54.1 Å². The van der Waals surface area contributed by atoms with Crippen LogP contribution in [0.25, 0.3) is 0 Å². The molecule has 156 valence electrons. The van der Waals surface area contributed by atoms with Gasteiger partial charge in [-0.1, -0.05) is 38.1 Å². The van der Waals surface area contributed by atoms with Gasteiger partial charge in [0.15, 0.2) is 0 Å². The standard InChI is InChI=1S/C23H31N3O3/c1-17(2)16-29-21-11-6-5-10-20(21)25-22(27)15-24-19-9-7-8-18(14-19)12-13-23(28)26(3)4/h5-11,14,17,24H,12-13,15-16H2,1-4H3,(H,25,27). The number of carbonyl (C=O) groups excluding carboxylic acids is 2. The number of nitrogens with zero attached hydrogens (tertiary/aromatic N) is 1. The van der Waals surface area contributed by atoms with Crippen LogP contribution in [0, 0.1) is 5.92 Å². The maximum absolute atomic E-state index is 12.4. The first kappa shape index (κ1) is 22.3. The third kappa shape index (κ3) is 7.86. The van der Waals surface area contributed by atoms with E-state index in [2.05, 4.69) is 24.5 Å². The Morgan fingerprint density at radius 3 is 2.55 bits per heavy atom. The van der Waals surface area contributed by atoms with Gasteiger partial charge in [-0.3, -0.25) is 9.59 Å². The summed E-state index contributed by atoms with van der Waals surface area (Å²) in [6, 6.07) is 15.2. The summed E-state index contributed by atoms with van der Waals surface area (Å²) in [5.41, 5.74) is 2.56. The first-order chi connectivity index (χ1) is 13.8. The smallest absolute Gasteiger partial charge is 0.243 e. The predicted molar refractivity (Wildman–Crippen MR) is 117 cm³/mol. The topological polar surface area (TPSA) is 70.7 Å². The van der Waals surface area contributed by atoms with Crippen LogP contribution in [0.4, 0.5) is 11.4 Å². The van der Waals surface area contributed by atoms with Crippen molar-refractivity contribution < 1.29 is 14.3 Å². The van der Waals surface area contributed by atoms with Crippen molar-refractivity contribution in [1.82, 2.24) is 4.90 Å². The van der Waals surface area contributed by atoms with Crippen LogP contribution in [0.2, 0.25) is 0 Å². The molecule has 0 saturated heterocycles. The number of nitrogens with one attached hydrogen (secondary N) is 2. The fourth-order valence-corrected chi connectivity index (χ4v) is 2.64. The Hall–Kier alpha value is -3.02. The van der Waals surface area contributed by atoms with Crippen LogP contribution in [0.3, 0.4) is 0 Å². The summed E-state index contributed by atoms with van der Waals surface area (Å²) < 4.78 is 5.77. The molecule has 0 aromatic heterocycles. The second-order valence-electron chi connectivity index (χ2n) is 7.59. The molecule has 0 unspecified atom stereocenters. The maximum atomic E-state index is 12.4. The normalized spacial score (nSPS) is 10.5. The maximum Gasteiger partial charge on any atom is 0.243 e. The van der Waals surface area contributed by atoms with Gasteiger partial charge in [0.25, 0.3) is 0 Å². The van der Waals surface area contributed by atoms with Crippen molar-refractivity contribution in [2.75, 3.05) is 37.9 Å². The van der Waals surface area contributed by atoms with Crippen molar-refractivity contribution in [1.29, 1.82) is 0 Å². The highest BCUT2D eigenvalue weighted by molar-refractivity contribution is 5.95. The van der Waals surface area contributed by atoms with E-state index in [9.17, 15) is 9.59 Å². The van der Waals surface area contributed by atoms with Gasteiger partial charge in [-0.15, -0.1) is 0 Å². The zero-order valence-corrected chi connectivity index (χ0v) is 17.7. The Labute approximate surface area is 173 Å². The molecule has 0 bridgehead atoms. The summed E-state index contributed by atoms with van der Waals surface area (Å²) in [5, 5.41) is 6.03. The average Bonchev–Trinajstić information content (AvgIpc) is 2.70. The number of hydrogen-bond acceptors (Lipinski definition) is 4. The molecule has 0 heterocycles. The number of para-hydroxylation sites is 2. The first-order valence-corrected chi connectivity index (χ1v) is 9.89. The summed E-state index contributed by atoms with van der Waals surface area (Å²) >= 11 is 0. The van der Waals surface area contributed by atoms with E-state index in [4.69, 9.17) is 4.74 Å². The number of carbonyl (C=O) groups is 2. The molecule has 2 N–H and O–H groups in total. The van der Waals surface area contributed by atoms with Crippen LogP contribution in [0.1, 0.15) is 25.8 Å². The highest BCUT2D eigenvalue weighted by atomic mass is 16.5. The second kappa shape index (κ2) is 11.1. The van der Waals surface area contributed by atoms with E-state index in [-0.39, 0.29) is 18.4 Å². The van der Waals surface area contributed by atoms with Gasteiger partial charge in [-0.05, 0) is 42.2 Å². The molecule has 6 heteroatoms. The molecule has 6 nitrogen and oxygen atoms in total. The highest BCUT2D eigenvalue weighted by Gasteiger charge is 2.09. The third-order valence-corrected chi connectivity index (χ3v) is 4.24. The van der Waals surface area contributed by atoms with Gasteiger partial charge in [0.05, 0.1) is 18.8 Å². The van der Waals surface area contributed by atoms with Crippen molar-refractivity contribution in [2.45, 2.75) is 26.7 Å². The summed E-state index contributed by atoms with van der Waals surface area (Å²) in [5.74, 6) is 1.02. The molecule has 0 aliphatic carbocycles. The minimum absolute atomic E-state index is 0.0982. The van der Waals surface area contributed by atoms with E-state index in [0.717, 1.165) is 11.3 Å². The van der Waals surface area contributed by atoms with Crippen LogP contribution in [0.5, 0.6) is 5.75 Å². The predicted octanol–water partition coefficient (Wildman–Crippen LogP) is 3.79. The van der Waals surface area contributed by atoms with Gasteiger partial charge in [-0.25, -0.2) is 0 Å². The van der Waals surface area contributed by atoms with E-state index in [1.807, 2.05) is 48.5 Å². The number of benzene rings is 2. The van der Waals surface area contributed by atoms with E-state index in [0.29, 0.717) is 36.8 Å². The minimum atomic E-state index is -0.154. The van der Waals surface area contributed by atoms with Gasteiger partial charge >= 0.3 is 0 Å². The highest BCUT2D eigenvalue weighted by Crippen LogP contribution is 2.24. The lowest BCUT2D eigenvalue weighted by atomic mass is 10.1. The lowest BCUT2D eigenvalue weighted by Gasteiger charge is -2.14. The molecular formula is C23H31N3O3. The molecule has 2 aromatic rings. The monoisotopic (exact) mass is 397 g/mol. The molecule has 0 saturated carbocycles. The SMILES string of the molecule is CC(C)COc1ccccc1NC(=O)CNc1cccc(CCC(=O)N(C)C)c1. The van der Waals surface area contributed by atoms with Crippen molar-refractivity contribution >= 4 is 23.2 Å². The minimum Gasteiger partial charge on any atom is -0.491 e. The van der Waals surface area contributed by atoms with Gasteiger partial charge in [-0.2, -0.15) is 0 Å². The molecule has 2 amide bonds. The summed E-state index contributed by atoms with van der Waals surface area (Å²) in [7, 11) is 3.51. The summed E-state index contributed by atoms with van der Waals surface area (Å²) in [6.45, 7) is 4.89. The molecular weight excluding hydrogens is 366 g/mol. The van der Waals surface area contributed by atoms with E-state index in [1.54, 1.807) is 19.0 Å². The zero-order valence-electron chi connectivity index (χ0n) is 17.7. The van der Waals surface area contributed by atoms with Crippen LogP contribution in [-0.2, 0) is 16.0 Å². The van der Waals surface area contributed by atoms with E-state index in [1.165, 1.54) is 0 Å². The Bertz CT molecular complexity index is 819. The number of amides is 2. The molecule has 0 radical (unpaired) electrons. The number of aryl methyl sites for hydroxylation is 1. The fraction of sp³-hybridized carbons (Fsp3) is 0.391. The molecule has 0 atom stereocenters. The Morgan fingerprint density at radius 2 is 1.83 bits per heavy atom. The average molecular weight is 398 g/mol. The number of rotatable bonds is 10. The van der Waals surface area contributed by atoms with Gasteiger partial charge in [0.1, 0.15) is 5.75 Å². The van der Waals surface area contributed by atoms with Gasteiger partial charge in [0, 0.05) is 26.2 Å². The molecule has 29 heavy (non-hydrogen) atoms. The van der Waals surface area contributed by atoms with Crippen molar-refractivity contribution in [2.24, 2.45) is 5.92 Å². The molecule has 0 fully saturated rings. The summed E-state index contributed by atoms with van der Waals surface area (Å²) in [4.78, 5) is 25.7. The van der Waals surface area contributed by atoms with Crippen LogP contribution in [0.15, 0.2) is 48.5 Å². The molecule has 2 aromatic carbocycles. The lowest BCUT2D eigenvalue weighted by Crippen LogP contribution is -2.22. The van der Waals surface area contributed by atoms with E-state index < -0.39 is 0 Å². The zero-order chi connectivity index (χ0) is 21.2. The fourth-order valence-electron chi connectivity index (χ4n) is 2.64. The van der Waals surface area contributed by atoms with Crippen molar-refractivity contribution in [3.63, 3.8) is 0 Å². The van der Waals surface area contributed by atoms with Crippen LogP contribution < -0.4 is 15.4 Å². The Morgan fingerprint density at radius 1 is 1.07 bits per heavy atom. The van der Waals surface area contributed by atoms with Crippen LogP contribution in [-0.4, -0.2) is 44.0 Å². The van der Waals surface area contributed by atoms with Gasteiger partial charge in [0.2, 0.25) is 11.8 Å². The first-order valence-electron chi connectivity index (χ1n) is 9.89. The molecule has 0 spiro atoms. The number of ether oxygens (including phenoxy) is 1. The quantitative estimate of drug-likeness (QED) is 0.640. The molecule has 2 rings (SSSR count). The van der Waals surface area contributed by atoms with Gasteiger partial charge < -0.3 is 20.3 Å². The third-order valence-electron chi connectivity index (χ3n) is 4.24. The van der Waals surface area contributed by atoms with E-state index >= 15 is 0 Å². The largest absolute Gasteiger partial charge is 0.491 e. The number of hydrogen-bond donors (Lipinski definition) is 2. The second-order valence-corrected chi connectivity index (χ2v) is 7.59. The van der Waals surface area contributed by atoms with Crippen molar-refractivity contribution in [3.8, 4) is 5.75 Å². The Kier molecular flexibility index (Phi) is 8.52. The molecule has 0 aliphatic rings. The Balaban J connectivity index is 1.88. The number of anilines is 2. The van der Waals surface area contributed by atoms with Crippen LogP contribution >= 0.6 is 0 Å². The lowest BCUT2D eigenvalue weighted by molar-refractivity contribution is -0.128. The summed E-state index contributed by atoms with van der Waals surface area (Å²) in [6.07, 6.45) is 1.13. The molecule has 0 aliphatic heterocycles.